The predicted molar refractivity (Wildman–Crippen MR) is 55.7 cm³/mol. The molecule has 0 saturated heterocycles. The zero-order chi connectivity index (χ0) is 9.68. The highest BCUT2D eigenvalue weighted by Crippen LogP contribution is 2.19. The van der Waals surface area contributed by atoms with Crippen LogP contribution < -0.4 is 5.73 Å². The Hall–Kier alpha value is -0.480. The lowest BCUT2D eigenvalue weighted by atomic mass is 10.3. The van der Waals surface area contributed by atoms with E-state index >= 15 is 0 Å². The third-order valence-corrected chi connectivity index (χ3v) is 3.03. The third kappa shape index (κ3) is 3.83. The lowest BCUT2D eigenvalue weighted by Crippen LogP contribution is -2.07. The molecule has 0 fully saturated rings. The summed E-state index contributed by atoms with van der Waals surface area (Å²) in [5, 5.41) is 4.52. The maximum Gasteiger partial charge on any atom is 0.133 e. The maximum absolute atomic E-state index is 5.46. The summed E-state index contributed by atoms with van der Waals surface area (Å²) in [6.07, 6.45) is 1.06. The first-order valence-electron chi connectivity index (χ1n) is 4.46. The van der Waals surface area contributed by atoms with E-state index in [0.717, 1.165) is 30.2 Å². The van der Waals surface area contributed by atoms with Crippen molar-refractivity contribution in [2.75, 3.05) is 6.54 Å². The van der Waals surface area contributed by atoms with E-state index in [2.05, 4.69) is 12.1 Å². The van der Waals surface area contributed by atoms with Gasteiger partial charge in [-0.25, -0.2) is 0 Å². The molecule has 0 aromatic carbocycles. The van der Waals surface area contributed by atoms with Crippen LogP contribution in [0.3, 0.4) is 0 Å². The molecule has 1 rings (SSSR count). The summed E-state index contributed by atoms with van der Waals surface area (Å²) >= 11 is 1.86. The topological polar surface area (TPSA) is 52.0 Å². The molecule has 1 unspecified atom stereocenters. The summed E-state index contributed by atoms with van der Waals surface area (Å²) in [6.45, 7) is 4.85. The third-order valence-electron chi connectivity index (χ3n) is 1.77. The molecule has 0 aliphatic carbocycles. The number of nitrogens with zero attached hydrogens (tertiary/aromatic N) is 1. The number of aryl methyl sites for hydroxylation is 1. The monoisotopic (exact) mass is 200 g/mol. The van der Waals surface area contributed by atoms with Crippen molar-refractivity contribution in [1.29, 1.82) is 0 Å². The highest BCUT2D eigenvalue weighted by atomic mass is 32.2. The molecule has 1 atom stereocenters. The highest BCUT2D eigenvalue weighted by Gasteiger charge is 2.04. The van der Waals surface area contributed by atoms with Gasteiger partial charge >= 0.3 is 0 Å². The van der Waals surface area contributed by atoms with Gasteiger partial charge in [-0.1, -0.05) is 12.1 Å². The van der Waals surface area contributed by atoms with Gasteiger partial charge in [0.25, 0.3) is 0 Å². The molecule has 0 aliphatic rings. The van der Waals surface area contributed by atoms with E-state index in [1.807, 2.05) is 24.8 Å². The molecule has 2 N–H and O–H groups in total. The lowest BCUT2D eigenvalue weighted by Gasteiger charge is -2.06. The lowest BCUT2D eigenvalue weighted by molar-refractivity contribution is 0.393. The van der Waals surface area contributed by atoms with Crippen LogP contribution in [0.4, 0.5) is 0 Å². The smallest absolute Gasteiger partial charge is 0.133 e. The number of hydrogen-bond acceptors (Lipinski definition) is 4. The number of nitrogens with two attached hydrogens (primary N) is 1. The fourth-order valence-corrected chi connectivity index (χ4v) is 1.93. The van der Waals surface area contributed by atoms with Crippen molar-refractivity contribution in [1.82, 2.24) is 5.16 Å². The summed E-state index contributed by atoms with van der Waals surface area (Å²) in [5.41, 5.74) is 6.47. The molecule has 0 spiro atoms. The van der Waals surface area contributed by atoms with Crippen LogP contribution in [0.1, 0.15) is 24.8 Å². The van der Waals surface area contributed by atoms with E-state index in [-0.39, 0.29) is 0 Å². The van der Waals surface area contributed by atoms with Gasteiger partial charge in [0.2, 0.25) is 0 Å². The summed E-state index contributed by atoms with van der Waals surface area (Å²) in [6, 6.07) is 1.97. The maximum atomic E-state index is 5.46. The molecule has 0 bridgehead atoms. The Bertz CT molecular complexity index is 250. The quantitative estimate of drug-likeness (QED) is 0.789. The summed E-state index contributed by atoms with van der Waals surface area (Å²) < 4.78 is 4.97. The van der Waals surface area contributed by atoms with Crippen LogP contribution in [-0.2, 0) is 5.75 Å². The van der Waals surface area contributed by atoms with Gasteiger partial charge in [0.1, 0.15) is 5.76 Å². The van der Waals surface area contributed by atoms with Crippen molar-refractivity contribution >= 4 is 11.8 Å². The molecular weight excluding hydrogens is 184 g/mol. The minimum atomic E-state index is 0.599. The molecule has 74 valence electrons. The molecule has 4 heteroatoms. The Kier molecular flexibility index (Phi) is 4.32. The molecule has 0 saturated carbocycles. The van der Waals surface area contributed by atoms with Gasteiger partial charge in [0.15, 0.2) is 0 Å². The molecule has 0 amide bonds. The van der Waals surface area contributed by atoms with Gasteiger partial charge < -0.3 is 10.3 Å². The average molecular weight is 200 g/mol. The molecule has 0 aliphatic heterocycles. The minimum absolute atomic E-state index is 0.599. The van der Waals surface area contributed by atoms with Crippen molar-refractivity contribution in [2.24, 2.45) is 5.73 Å². The minimum Gasteiger partial charge on any atom is -0.361 e. The first kappa shape index (κ1) is 10.6. The van der Waals surface area contributed by atoms with Crippen LogP contribution in [0.2, 0.25) is 0 Å². The Balaban J connectivity index is 2.26. The van der Waals surface area contributed by atoms with Gasteiger partial charge in [-0.05, 0) is 19.9 Å². The standard InChI is InChI=1S/C9H16N2OS/c1-7-5-9(11-12-7)6-13-8(2)3-4-10/h5,8H,3-4,6,10H2,1-2H3. The molecule has 13 heavy (non-hydrogen) atoms. The normalized spacial score (nSPS) is 13.2. The van der Waals surface area contributed by atoms with Crippen molar-refractivity contribution < 1.29 is 4.52 Å². The predicted octanol–water partition coefficient (Wildman–Crippen LogP) is 1.95. The molecule has 1 aromatic heterocycles. The molecule has 1 aromatic rings. The van der Waals surface area contributed by atoms with E-state index in [4.69, 9.17) is 10.3 Å². The second-order valence-electron chi connectivity index (χ2n) is 3.13. The SMILES string of the molecule is Cc1cc(CSC(C)CCN)no1. The van der Waals surface area contributed by atoms with Crippen molar-refractivity contribution in [3.05, 3.63) is 17.5 Å². The second-order valence-corrected chi connectivity index (χ2v) is 4.55. The molecule has 0 radical (unpaired) electrons. The summed E-state index contributed by atoms with van der Waals surface area (Å²) in [7, 11) is 0. The van der Waals surface area contributed by atoms with E-state index in [1.165, 1.54) is 0 Å². The largest absolute Gasteiger partial charge is 0.361 e. The molecule has 1 heterocycles. The Morgan fingerprint density at radius 1 is 1.69 bits per heavy atom. The van der Waals surface area contributed by atoms with E-state index in [0.29, 0.717) is 5.25 Å². The van der Waals surface area contributed by atoms with Crippen molar-refractivity contribution in [3.8, 4) is 0 Å². The van der Waals surface area contributed by atoms with Crippen LogP contribution in [0.15, 0.2) is 10.6 Å². The zero-order valence-corrected chi connectivity index (χ0v) is 8.93. The Labute approximate surface area is 83.0 Å². The average Bonchev–Trinajstić information content (AvgIpc) is 2.49. The Morgan fingerprint density at radius 3 is 3.00 bits per heavy atom. The number of rotatable bonds is 5. The van der Waals surface area contributed by atoms with Crippen LogP contribution in [0, 0.1) is 6.92 Å². The number of hydrogen-bond donors (Lipinski definition) is 1. The fraction of sp³-hybridized carbons (Fsp3) is 0.667. The molecular formula is C9H16N2OS. The second kappa shape index (κ2) is 5.29. The first-order chi connectivity index (χ1) is 6.22. The molecule has 3 nitrogen and oxygen atoms in total. The summed E-state index contributed by atoms with van der Waals surface area (Å²) in [4.78, 5) is 0. The van der Waals surface area contributed by atoms with E-state index < -0.39 is 0 Å². The van der Waals surface area contributed by atoms with Gasteiger partial charge in [-0.3, -0.25) is 0 Å². The number of thioether (sulfide) groups is 1. The highest BCUT2D eigenvalue weighted by molar-refractivity contribution is 7.99. The summed E-state index contributed by atoms with van der Waals surface area (Å²) in [5.74, 6) is 1.79. The van der Waals surface area contributed by atoms with Gasteiger partial charge in [-0.15, -0.1) is 0 Å². The number of aromatic nitrogens is 1. The zero-order valence-electron chi connectivity index (χ0n) is 8.12. The van der Waals surface area contributed by atoms with Gasteiger partial charge in [-0.2, -0.15) is 11.8 Å². The van der Waals surface area contributed by atoms with Crippen molar-refractivity contribution in [3.63, 3.8) is 0 Å². The van der Waals surface area contributed by atoms with Crippen LogP contribution >= 0.6 is 11.8 Å². The van der Waals surface area contributed by atoms with Crippen molar-refractivity contribution in [2.45, 2.75) is 31.3 Å². The van der Waals surface area contributed by atoms with Crippen LogP contribution in [0.25, 0.3) is 0 Å². The Morgan fingerprint density at radius 2 is 2.46 bits per heavy atom. The fourth-order valence-electron chi connectivity index (χ4n) is 1.03. The van der Waals surface area contributed by atoms with E-state index in [1.54, 1.807) is 0 Å². The first-order valence-corrected chi connectivity index (χ1v) is 5.51. The van der Waals surface area contributed by atoms with Gasteiger partial charge in [0, 0.05) is 17.1 Å². The van der Waals surface area contributed by atoms with E-state index in [9.17, 15) is 0 Å². The van der Waals surface area contributed by atoms with Gasteiger partial charge in [0.05, 0.1) is 5.69 Å². The van der Waals surface area contributed by atoms with Crippen LogP contribution in [-0.4, -0.2) is 17.0 Å². The van der Waals surface area contributed by atoms with Crippen LogP contribution in [0.5, 0.6) is 0 Å².